The Hall–Kier alpha value is -0.610. The van der Waals surface area contributed by atoms with Crippen molar-refractivity contribution < 1.29 is 4.79 Å². The van der Waals surface area contributed by atoms with Crippen molar-refractivity contribution in [3.05, 3.63) is 0 Å². The SMILES string of the molecule is CCC(C)N(CC)C(C)CC(C)(NC)C(N)=O. The number of nitrogens with one attached hydrogen (secondary N) is 1. The largest absolute Gasteiger partial charge is 0.368 e. The molecule has 0 radical (unpaired) electrons. The lowest BCUT2D eigenvalue weighted by Gasteiger charge is -2.37. The van der Waals surface area contributed by atoms with E-state index in [1.54, 1.807) is 7.05 Å². The van der Waals surface area contributed by atoms with Crippen molar-refractivity contribution in [3.8, 4) is 0 Å². The summed E-state index contributed by atoms with van der Waals surface area (Å²) in [5.74, 6) is -0.285. The number of nitrogens with zero attached hydrogens (tertiary/aromatic N) is 1. The topological polar surface area (TPSA) is 58.4 Å². The van der Waals surface area contributed by atoms with Gasteiger partial charge < -0.3 is 11.1 Å². The van der Waals surface area contributed by atoms with Gasteiger partial charge in [-0.25, -0.2) is 0 Å². The van der Waals surface area contributed by atoms with Crippen LogP contribution in [0.3, 0.4) is 0 Å². The van der Waals surface area contributed by atoms with Gasteiger partial charge in [0.2, 0.25) is 5.91 Å². The van der Waals surface area contributed by atoms with E-state index in [0.717, 1.165) is 19.4 Å². The molecular weight excluding hydrogens is 214 g/mol. The molecule has 3 N–H and O–H groups in total. The molecule has 0 aromatic carbocycles. The molecule has 1 amide bonds. The molecule has 0 aromatic rings. The van der Waals surface area contributed by atoms with Crippen molar-refractivity contribution in [2.45, 2.75) is 65.1 Å². The summed E-state index contributed by atoms with van der Waals surface area (Å²) in [6, 6.07) is 0.865. The van der Waals surface area contributed by atoms with Gasteiger partial charge in [-0.15, -0.1) is 0 Å². The first-order valence-corrected chi connectivity index (χ1v) is 6.56. The Morgan fingerprint density at radius 1 is 1.35 bits per heavy atom. The summed E-state index contributed by atoms with van der Waals surface area (Å²) in [7, 11) is 1.79. The summed E-state index contributed by atoms with van der Waals surface area (Å²) >= 11 is 0. The molecule has 0 aromatic heterocycles. The Balaban J connectivity index is 4.69. The van der Waals surface area contributed by atoms with Gasteiger partial charge in [0.25, 0.3) is 0 Å². The van der Waals surface area contributed by atoms with E-state index in [1.165, 1.54) is 0 Å². The van der Waals surface area contributed by atoms with E-state index in [2.05, 4.69) is 37.9 Å². The first-order chi connectivity index (χ1) is 7.82. The van der Waals surface area contributed by atoms with Crippen LogP contribution in [0, 0.1) is 0 Å². The van der Waals surface area contributed by atoms with Crippen LogP contribution in [0.4, 0.5) is 0 Å². The molecule has 0 spiro atoms. The number of amides is 1. The van der Waals surface area contributed by atoms with Crippen LogP contribution in [0.15, 0.2) is 0 Å². The Labute approximate surface area is 106 Å². The molecule has 0 saturated carbocycles. The molecule has 0 saturated heterocycles. The molecule has 0 aliphatic carbocycles. The molecule has 0 bridgehead atoms. The van der Waals surface area contributed by atoms with Gasteiger partial charge in [0.1, 0.15) is 0 Å². The molecule has 4 heteroatoms. The molecule has 4 nitrogen and oxygen atoms in total. The molecule has 0 heterocycles. The fraction of sp³-hybridized carbons (Fsp3) is 0.923. The summed E-state index contributed by atoms with van der Waals surface area (Å²) in [6.07, 6.45) is 1.85. The minimum atomic E-state index is -0.625. The molecule has 0 aliphatic heterocycles. The maximum Gasteiger partial charge on any atom is 0.237 e. The van der Waals surface area contributed by atoms with E-state index in [0.29, 0.717) is 12.1 Å². The Morgan fingerprint density at radius 2 is 1.88 bits per heavy atom. The Bertz CT molecular complexity index is 245. The maximum absolute atomic E-state index is 11.5. The van der Waals surface area contributed by atoms with Gasteiger partial charge in [0.15, 0.2) is 0 Å². The summed E-state index contributed by atoms with van der Waals surface area (Å²) in [5.41, 5.74) is 4.84. The zero-order valence-electron chi connectivity index (χ0n) is 12.2. The lowest BCUT2D eigenvalue weighted by atomic mass is 9.91. The van der Waals surface area contributed by atoms with Crippen LogP contribution < -0.4 is 11.1 Å². The minimum Gasteiger partial charge on any atom is -0.368 e. The summed E-state index contributed by atoms with van der Waals surface area (Å²) < 4.78 is 0. The Kier molecular flexibility index (Phi) is 6.72. The van der Waals surface area contributed by atoms with Crippen LogP contribution in [-0.4, -0.2) is 42.0 Å². The number of primary amides is 1. The van der Waals surface area contributed by atoms with Gasteiger partial charge in [-0.05, 0) is 47.2 Å². The lowest BCUT2D eigenvalue weighted by Crippen LogP contribution is -2.55. The van der Waals surface area contributed by atoms with Crippen molar-refractivity contribution in [3.63, 3.8) is 0 Å². The summed E-state index contributed by atoms with van der Waals surface area (Å²) in [6.45, 7) is 11.6. The number of hydrogen-bond acceptors (Lipinski definition) is 3. The van der Waals surface area contributed by atoms with E-state index in [1.807, 2.05) is 6.92 Å². The summed E-state index contributed by atoms with van der Waals surface area (Å²) in [5, 5.41) is 3.04. The average molecular weight is 243 g/mol. The van der Waals surface area contributed by atoms with Gasteiger partial charge in [-0.2, -0.15) is 0 Å². The smallest absolute Gasteiger partial charge is 0.237 e. The minimum absolute atomic E-state index is 0.285. The number of nitrogens with two attached hydrogens (primary N) is 1. The van der Waals surface area contributed by atoms with E-state index in [-0.39, 0.29) is 5.91 Å². The highest BCUT2D eigenvalue weighted by Crippen LogP contribution is 2.18. The van der Waals surface area contributed by atoms with E-state index in [9.17, 15) is 4.79 Å². The monoisotopic (exact) mass is 243 g/mol. The van der Waals surface area contributed by atoms with Gasteiger partial charge in [-0.3, -0.25) is 9.69 Å². The molecular formula is C13H29N3O. The average Bonchev–Trinajstić information content (AvgIpc) is 2.29. The van der Waals surface area contributed by atoms with Gasteiger partial charge in [0, 0.05) is 12.1 Å². The van der Waals surface area contributed by atoms with Crippen LogP contribution in [0.1, 0.15) is 47.5 Å². The molecule has 0 fully saturated rings. The van der Waals surface area contributed by atoms with E-state index in [4.69, 9.17) is 5.73 Å². The van der Waals surface area contributed by atoms with Gasteiger partial charge in [-0.1, -0.05) is 13.8 Å². The normalized spacial score (nSPS) is 18.8. The second-order valence-corrected chi connectivity index (χ2v) is 5.09. The highest BCUT2D eigenvalue weighted by Gasteiger charge is 2.33. The zero-order chi connectivity index (χ0) is 13.6. The number of carbonyl (C=O) groups is 1. The second kappa shape index (κ2) is 6.97. The van der Waals surface area contributed by atoms with Crippen LogP contribution in [0.5, 0.6) is 0 Å². The molecule has 3 atom stereocenters. The van der Waals surface area contributed by atoms with Gasteiger partial charge in [0.05, 0.1) is 5.54 Å². The third-order valence-electron chi connectivity index (χ3n) is 3.89. The fourth-order valence-corrected chi connectivity index (χ4v) is 2.33. The number of likely N-dealkylation sites (N-methyl/N-ethyl adjacent to an activating group) is 1. The third-order valence-corrected chi connectivity index (χ3v) is 3.89. The van der Waals surface area contributed by atoms with Crippen LogP contribution in [-0.2, 0) is 4.79 Å². The quantitative estimate of drug-likeness (QED) is 0.676. The fourth-order valence-electron chi connectivity index (χ4n) is 2.33. The predicted octanol–water partition coefficient (Wildman–Crippen LogP) is 1.35. The van der Waals surface area contributed by atoms with Crippen molar-refractivity contribution in [2.75, 3.05) is 13.6 Å². The first kappa shape index (κ1) is 16.4. The highest BCUT2D eigenvalue weighted by molar-refractivity contribution is 5.84. The summed E-state index contributed by atoms with van der Waals surface area (Å²) in [4.78, 5) is 13.9. The molecule has 17 heavy (non-hydrogen) atoms. The van der Waals surface area contributed by atoms with Crippen molar-refractivity contribution in [1.29, 1.82) is 0 Å². The molecule has 3 unspecified atom stereocenters. The van der Waals surface area contributed by atoms with Crippen LogP contribution in [0.25, 0.3) is 0 Å². The molecule has 0 rings (SSSR count). The molecule has 0 aliphatic rings. The predicted molar refractivity (Wildman–Crippen MR) is 72.9 cm³/mol. The molecule has 102 valence electrons. The van der Waals surface area contributed by atoms with Crippen molar-refractivity contribution in [1.82, 2.24) is 10.2 Å². The maximum atomic E-state index is 11.5. The van der Waals surface area contributed by atoms with Gasteiger partial charge >= 0.3 is 0 Å². The number of rotatable bonds is 8. The number of carbonyl (C=O) groups excluding carboxylic acids is 1. The standard InChI is InChI=1S/C13H29N3O/c1-7-10(3)16(8-2)11(4)9-13(5,15-6)12(14)17/h10-11,15H,7-9H2,1-6H3,(H2,14,17). The van der Waals surface area contributed by atoms with E-state index < -0.39 is 5.54 Å². The number of hydrogen-bond donors (Lipinski definition) is 2. The van der Waals surface area contributed by atoms with Crippen LogP contribution >= 0.6 is 0 Å². The third kappa shape index (κ3) is 4.28. The van der Waals surface area contributed by atoms with Crippen molar-refractivity contribution in [2.24, 2.45) is 5.73 Å². The highest BCUT2D eigenvalue weighted by atomic mass is 16.1. The first-order valence-electron chi connectivity index (χ1n) is 6.56. The van der Waals surface area contributed by atoms with Crippen molar-refractivity contribution >= 4 is 5.91 Å². The van der Waals surface area contributed by atoms with E-state index >= 15 is 0 Å². The second-order valence-electron chi connectivity index (χ2n) is 5.09. The Morgan fingerprint density at radius 3 is 2.18 bits per heavy atom. The lowest BCUT2D eigenvalue weighted by molar-refractivity contribution is -0.124. The van der Waals surface area contributed by atoms with Crippen LogP contribution in [0.2, 0.25) is 0 Å². The zero-order valence-corrected chi connectivity index (χ0v) is 12.2.